The van der Waals surface area contributed by atoms with E-state index in [9.17, 15) is 4.79 Å². The molecule has 0 aromatic rings. The molecule has 1 heterocycles. The first kappa shape index (κ1) is 13.8. The second kappa shape index (κ2) is 7.10. The van der Waals surface area contributed by atoms with E-state index in [0.717, 1.165) is 26.0 Å². The third-order valence-electron chi connectivity index (χ3n) is 4.22. The van der Waals surface area contributed by atoms with Crippen LogP contribution in [0, 0.1) is 5.92 Å². The van der Waals surface area contributed by atoms with Crippen molar-refractivity contribution in [3.8, 4) is 0 Å². The number of hydrogen-bond acceptors (Lipinski definition) is 3. The number of amides is 1. The minimum atomic E-state index is 0.128. The van der Waals surface area contributed by atoms with Crippen LogP contribution in [0.1, 0.15) is 45.4 Å². The summed E-state index contributed by atoms with van der Waals surface area (Å²) in [6.45, 7) is 4.23. The van der Waals surface area contributed by atoms with Gasteiger partial charge in [-0.2, -0.15) is 0 Å². The Kier molecular flexibility index (Phi) is 5.45. The summed E-state index contributed by atoms with van der Waals surface area (Å²) in [6, 6.07) is 0.564. The van der Waals surface area contributed by atoms with Crippen LogP contribution in [0.25, 0.3) is 0 Å². The monoisotopic (exact) mass is 254 g/mol. The van der Waals surface area contributed by atoms with Crippen molar-refractivity contribution in [1.82, 2.24) is 10.6 Å². The first-order valence-electron chi connectivity index (χ1n) is 7.41. The van der Waals surface area contributed by atoms with E-state index in [1.165, 1.54) is 25.7 Å². The molecule has 2 unspecified atom stereocenters. The lowest BCUT2D eigenvalue weighted by Gasteiger charge is -2.18. The molecule has 1 saturated carbocycles. The highest BCUT2D eigenvalue weighted by Crippen LogP contribution is 2.22. The Morgan fingerprint density at radius 3 is 2.78 bits per heavy atom. The number of rotatable bonds is 6. The van der Waals surface area contributed by atoms with Crippen molar-refractivity contribution < 1.29 is 9.53 Å². The molecule has 0 bridgehead atoms. The first-order chi connectivity index (χ1) is 8.79. The molecular weight excluding hydrogens is 228 g/mol. The first-order valence-corrected chi connectivity index (χ1v) is 7.41. The van der Waals surface area contributed by atoms with Gasteiger partial charge >= 0.3 is 0 Å². The Labute approximate surface area is 110 Å². The average molecular weight is 254 g/mol. The Morgan fingerprint density at radius 2 is 2.06 bits per heavy atom. The van der Waals surface area contributed by atoms with Gasteiger partial charge in [0.25, 0.3) is 0 Å². The molecular formula is C14H26N2O2. The molecule has 1 saturated heterocycles. The van der Waals surface area contributed by atoms with E-state index in [2.05, 4.69) is 17.6 Å². The lowest BCUT2D eigenvalue weighted by Crippen LogP contribution is -2.40. The lowest BCUT2D eigenvalue weighted by molar-refractivity contribution is -0.120. The molecule has 1 aliphatic carbocycles. The number of nitrogens with one attached hydrogen (secondary N) is 2. The van der Waals surface area contributed by atoms with Gasteiger partial charge in [-0.15, -0.1) is 0 Å². The van der Waals surface area contributed by atoms with Crippen LogP contribution in [0.4, 0.5) is 0 Å². The van der Waals surface area contributed by atoms with Gasteiger partial charge in [0.2, 0.25) is 5.91 Å². The fraction of sp³-hybridized carbons (Fsp3) is 0.929. The van der Waals surface area contributed by atoms with Crippen molar-refractivity contribution in [3.05, 3.63) is 0 Å². The standard InChI is InChI=1S/C14H26N2O2/c1-2-13-11(7-8-18-13)9-16-14(17)10-15-12-5-3-4-6-12/h11-13,15H,2-10H2,1H3,(H,16,17). The molecule has 0 aromatic heterocycles. The summed E-state index contributed by atoms with van der Waals surface area (Å²) in [5.74, 6) is 0.633. The zero-order valence-corrected chi connectivity index (χ0v) is 11.4. The van der Waals surface area contributed by atoms with Gasteiger partial charge in [0.15, 0.2) is 0 Å². The summed E-state index contributed by atoms with van der Waals surface area (Å²) in [5.41, 5.74) is 0. The van der Waals surface area contributed by atoms with Crippen molar-refractivity contribution in [3.63, 3.8) is 0 Å². The molecule has 0 aromatic carbocycles. The molecule has 4 nitrogen and oxygen atoms in total. The molecule has 2 aliphatic rings. The van der Waals surface area contributed by atoms with Crippen LogP contribution in [0.15, 0.2) is 0 Å². The summed E-state index contributed by atoms with van der Waals surface area (Å²) >= 11 is 0. The maximum Gasteiger partial charge on any atom is 0.233 e. The Hall–Kier alpha value is -0.610. The second-order valence-corrected chi connectivity index (χ2v) is 5.53. The van der Waals surface area contributed by atoms with Crippen LogP contribution in [0.3, 0.4) is 0 Å². The minimum absolute atomic E-state index is 0.128. The van der Waals surface area contributed by atoms with E-state index in [4.69, 9.17) is 4.74 Å². The maximum atomic E-state index is 11.7. The van der Waals surface area contributed by atoms with Crippen LogP contribution in [-0.4, -0.2) is 37.7 Å². The van der Waals surface area contributed by atoms with Crippen LogP contribution >= 0.6 is 0 Å². The van der Waals surface area contributed by atoms with Gasteiger partial charge in [-0.05, 0) is 25.7 Å². The maximum absolute atomic E-state index is 11.7. The van der Waals surface area contributed by atoms with Gasteiger partial charge < -0.3 is 15.4 Å². The number of hydrogen-bond donors (Lipinski definition) is 2. The van der Waals surface area contributed by atoms with Crippen LogP contribution in [0.2, 0.25) is 0 Å². The summed E-state index contributed by atoms with van der Waals surface area (Å²) in [5, 5.41) is 6.37. The van der Waals surface area contributed by atoms with Gasteiger partial charge in [-0.25, -0.2) is 0 Å². The molecule has 2 atom stereocenters. The van der Waals surface area contributed by atoms with Crippen LogP contribution in [0.5, 0.6) is 0 Å². The van der Waals surface area contributed by atoms with E-state index in [0.29, 0.717) is 24.6 Å². The van der Waals surface area contributed by atoms with Crippen LogP contribution < -0.4 is 10.6 Å². The fourth-order valence-electron chi connectivity index (χ4n) is 3.05. The lowest BCUT2D eigenvalue weighted by atomic mass is 10.00. The zero-order valence-electron chi connectivity index (χ0n) is 11.4. The van der Waals surface area contributed by atoms with E-state index >= 15 is 0 Å². The predicted octanol–water partition coefficient (Wildman–Crippen LogP) is 1.45. The third-order valence-corrected chi connectivity index (χ3v) is 4.22. The van der Waals surface area contributed by atoms with Crippen molar-refractivity contribution in [2.24, 2.45) is 5.92 Å². The second-order valence-electron chi connectivity index (χ2n) is 5.53. The SMILES string of the molecule is CCC1OCCC1CNC(=O)CNC1CCCC1. The Bertz CT molecular complexity index is 265. The predicted molar refractivity (Wildman–Crippen MR) is 71.4 cm³/mol. The molecule has 4 heteroatoms. The molecule has 2 fully saturated rings. The Morgan fingerprint density at radius 1 is 1.28 bits per heavy atom. The summed E-state index contributed by atoms with van der Waals surface area (Å²) in [7, 11) is 0. The number of carbonyl (C=O) groups is 1. The van der Waals surface area contributed by atoms with E-state index in [1.807, 2.05) is 0 Å². The largest absolute Gasteiger partial charge is 0.378 e. The molecule has 0 radical (unpaired) electrons. The summed E-state index contributed by atoms with van der Waals surface area (Å²) in [6.07, 6.45) is 7.51. The molecule has 2 N–H and O–H groups in total. The van der Waals surface area contributed by atoms with E-state index in [-0.39, 0.29) is 5.91 Å². The molecule has 18 heavy (non-hydrogen) atoms. The van der Waals surface area contributed by atoms with Gasteiger partial charge in [0, 0.05) is 25.1 Å². The normalized spacial score (nSPS) is 28.7. The third kappa shape index (κ3) is 3.95. The number of ether oxygens (including phenoxy) is 1. The highest BCUT2D eigenvalue weighted by molar-refractivity contribution is 5.78. The molecule has 2 rings (SSSR count). The topological polar surface area (TPSA) is 50.4 Å². The van der Waals surface area contributed by atoms with Crippen LogP contribution in [-0.2, 0) is 9.53 Å². The molecule has 104 valence electrons. The van der Waals surface area contributed by atoms with Crippen molar-refractivity contribution in [1.29, 1.82) is 0 Å². The van der Waals surface area contributed by atoms with Gasteiger partial charge in [0.1, 0.15) is 0 Å². The van der Waals surface area contributed by atoms with E-state index < -0.39 is 0 Å². The van der Waals surface area contributed by atoms with Gasteiger partial charge in [0.05, 0.1) is 12.6 Å². The quantitative estimate of drug-likeness (QED) is 0.754. The van der Waals surface area contributed by atoms with Crippen molar-refractivity contribution in [2.75, 3.05) is 19.7 Å². The highest BCUT2D eigenvalue weighted by atomic mass is 16.5. The van der Waals surface area contributed by atoms with Gasteiger partial charge in [-0.1, -0.05) is 19.8 Å². The smallest absolute Gasteiger partial charge is 0.233 e. The molecule has 0 spiro atoms. The fourth-order valence-corrected chi connectivity index (χ4v) is 3.05. The zero-order chi connectivity index (χ0) is 12.8. The Balaban J connectivity index is 1.59. The van der Waals surface area contributed by atoms with Gasteiger partial charge in [-0.3, -0.25) is 4.79 Å². The highest BCUT2D eigenvalue weighted by Gasteiger charge is 2.26. The molecule has 1 aliphatic heterocycles. The number of carbonyl (C=O) groups excluding carboxylic acids is 1. The van der Waals surface area contributed by atoms with E-state index in [1.54, 1.807) is 0 Å². The van der Waals surface area contributed by atoms with Crippen molar-refractivity contribution in [2.45, 2.75) is 57.6 Å². The summed E-state index contributed by atoms with van der Waals surface area (Å²) in [4.78, 5) is 11.7. The summed E-state index contributed by atoms with van der Waals surface area (Å²) < 4.78 is 5.62. The average Bonchev–Trinajstić information content (AvgIpc) is 3.04. The molecule has 1 amide bonds. The minimum Gasteiger partial charge on any atom is -0.378 e. The van der Waals surface area contributed by atoms with Crippen molar-refractivity contribution >= 4 is 5.91 Å².